The minimum Gasteiger partial charge on any atom is -0.458 e. The molecule has 2 aliphatic heterocycles. The first-order chi connectivity index (χ1) is 15.5. The average Bonchev–Trinajstić information content (AvgIpc) is 3.35. The van der Waals surface area contributed by atoms with Gasteiger partial charge < -0.3 is 19.7 Å². The fraction of sp³-hybridized carbons (Fsp3) is 0.720. The number of rotatable bonds is 2. The van der Waals surface area contributed by atoms with Gasteiger partial charge in [-0.3, -0.25) is 9.59 Å². The smallest absolute Gasteiger partial charge is 0.309 e. The molecule has 2 N–H and O–H groups in total. The number of aryl methyl sites for hydroxylation is 1. The quantitative estimate of drug-likeness (QED) is 0.492. The summed E-state index contributed by atoms with van der Waals surface area (Å²) in [7, 11) is 0. The van der Waals surface area contributed by atoms with Crippen molar-refractivity contribution in [3.05, 3.63) is 22.2 Å². The van der Waals surface area contributed by atoms with E-state index in [0.29, 0.717) is 6.42 Å². The number of carbonyl (C=O) groups is 2. The number of hydrogen-bond donors (Lipinski definition) is 2. The number of Topliss-reactive ketones (excluding diaryl/α,β-unsaturated/α-hetero) is 1. The summed E-state index contributed by atoms with van der Waals surface area (Å²) in [4.78, 5) is 30.2. The van der Waals surface area contributed by atoms with Gasteiger partial charge in [0.05, 0.1) is 47.0 Å². The molecular weight excluding hydrogens is 442 g/mol. The lowest BCUT2D eigenvalue weighted by atomic mass is 9.73. The molecule has 1 aromatic rings. The molecule has 2 fully saturated rings. The van der Waals surface area contributed by atoms with E-state index in [-0.39, 0.29) is 30.3 Å². The van der Waals surface area contributed by atoms with Crippen molar-refractivity contribution >= 4 is 29.2 Å². The zero-order valence-corrected chi connectivity index (χ0v) is 21.0. The first kappa shape index (κ1) is 26.0. The van der Waals surface area contributed by atoms with Crippen LogP contribution in [0, 0.1) is 24.2 Å². The number of hydrogen-bond acceptors (Lipinski definition) is 8. The van der Waals surface area contributed by atoms with Crippen molar-refractivity contribution < 1.29 is 29.3 Å². The monoisotopic (exact) mass is 479 g/mol. The Balaban J connectivity index is 1.77. The molecule has 2 aliphatic rings. The van der Waals surface area contributed by atoms with Crippen molar-refractivity contribution in [3.8, 4) is 0 Å². The fourth-order valence-corrected chi connectivity index (χ4v) is 5.12. The van der Waals surface area contributed by atoms with E-state index in [0.717, 1.165) is 30.0 Å². The molecule has 2 saturated heterocycles. The van der Waals surface area contributed by atoms with Crippen LogP contribution < -0.4 is 0 Å². The van der Waals surface area contributed by atoms with Gasteiger partial charge in [0.25, 0.3) is 0 Å². The highest BCUT2D eigenvalue weighted by Crippen LogP contribution is 2.35. The number of esters is 1. The largest absolute Gasteiger partial charge is 0.458 e. The van der Waals surface area contributed by atoms with E-state index >= 15 is 0 Å². The van der Waals surface area contributed by atoms with Crippen LogP contribution in [0.25, 0.3) is 6.08 Å². The van der Waals surface area contributed by atoms with Crippen LogP contribution in [0.4, 0.5) is 0 Å². The predicted octanol–water partition coefficient (Wildman–Crippen LogP) is 3.70. The number of carbonyl (C=O) groups excluding carboxylic acids is 2. The number of epoxide rings is 1. The standard InChI is InChI=1S/C25H37NO6S/c1-14-7-6-8-19-20(32-19)11-18(10-9-17-13-33-16(3)26-17)31-22(28)12-21(27)25(4,5)24(30)15(2)23(14)29/h9-10,13-15,18-21,23,27,29H,6-8,11-12H2,1-5H3/b10-9-/t14-,15+,18+,19-,20+,21-,23-/m0/s1. The maximum atomic E-state index is 13.1. The second-order valence-electron chi connectivity index (χ2n) is 10.1. The van der Waals surface area contributed by atoms with Gasteiger partial charge in [-0.25, -0.2) is 4.98 Å². The van der Waals surface area contributed by atoms with E-state index in [2.05, 4.69) is 4.98 Å². The summed E-state index contributed by atoms with van der Waals surface area (Å²) >= 11 is 1.55. The summed E-state index contributed by atoms with van der Waals surface area (Å²) in [6, 6.07) is 0. The third kappa shape index (κ3) is 6.72. The number of aliphatic hydroxyl groups is 2. The molecule has 0 aromatic carbocycles. The predicted molar refractivity (Wildman–Crippen MR) is 127 cm³/mol. The molecule has 0 radical (unpaired) electrons. The topological polar surface area (TPSA) is 109 Å². The van der Waals surface area contributed by atoms with Crippen LogP contribution in [0.1, 0.15) is 70.5 Å². The third-order valence-electron chi connectivity index (χ3n) is 7.04. The number of thiazole rings is 1. The third-order valence-corrected chi connectivity index (χ3v) is 7.83. The van der Waals surface area contributed by atoms with Crippen molar-refractivity contribution in [2.45, 2.75) is 97.2 Å². The van der Waals surface area contributed by atoms with Gasteiger partial charge in [0.15, 0.2) is 0 Å². The molecule has 0 bridgehead atoms. The van der Waals surface area contributed by atoms with Crippen LogP contribution in [0.3, 0.4) is 0 Å². The first-order valence-corrected chi connectivity index (χ1v) is 12.7. The molecule has 0 aliphatic carbocycles. The maximum absolute atomic E-state index is 13.1. The summed E-state index contributed by atoms with van der Waals surface area (Å²) in [5, 5.41) is 24.4. The van der Waals surface area contributed by atoms with Crippen molar-refractivity contribution in [2.75, 3.05) is 0 Å². The van der Waals surface area contributed by atoms with E-state index in [1.165, 1.54) is 0 Å². The van der Waals surface area contributed by atoms with E-state index in [1.807, 2.05) is 31.4 Å². The lowest BCUT2D eigenvalue weighted by Gasteiger charge is -2.34. The number of ketones is 1. The van der Waals surface area contributed by atoms with Gasteiger partial charge in [0.1, 0.15) is 11.9 Å². The highest BCUT2D eigenvalue weighted by atomic mass is 32.1. The molecule has 33 heavy (non-hydrogen) atoms. The van der Waals surface area contributed by atoms with Gasteiger partial charge in [-0.15, -0.1) is 11.3 Å². The maximum Gasteiger partial charge on any atom is 0.309 e. The second kappa shape index (κ2) is 10.8. The number of cyclic esters (lactones) is 1. The highest BCUT2D eigenvalue weighted by molar-refractivity contribution is 7.09. The minimum atomic E-state index is -1.22. The number of ether oxygens (including phenoxy) is 2. The van der Waals surface area contributed by atoms with Gasteiger partial charge in [-0.05, 0) is 37.8 Å². The number of aliphatic hydroxyl groups excluding tert-OH is 2. The zero-order chi connectivity index (χ0) is 24.3. The average molecular weight is 480 g/mol. The normalized spacial score (nSPS) is 36.4. The number of aromatic nitrogens is 1. The molecule has 0 unspecified atom stereocenters. The molecular formula is C25H37NO6S. The van der Waals surface area contributed by atoms with E-state index < -0.39 is 35.6 Å². The van der Waals surface area contributed by atoms with Gasteiger partial charge in [0, 0.05) is 17.7 Å². The molecule has 7 atom stereocenters. The molecule has 184 valence electrons. The van der Waals surface area contributed by atoms with Crippen LogP contribution in [-0.4, -0.2) is 57.5 Å². The van der Waals surface area contributed by atoms with Crippen LogP contribution in [-0.2, 0) is 19.1 Å². The van der Waals surface area contributed by atoms with Crippen LogP contribution in [0.15, 0.2) is 11.5 Å². The summed E-state index contributed by atoms with van der Waals surface area (Å²) in [6.07, 6.45) is 4.02. The molecule has 7 nitrogen and oxygen atoms in total. The first-order valence-electron chi connectivity index (χ1n) is 11.8. The van der Waals surface area contributed by atoms with E-state index in [9.17, 15) is 19.8 Å². The summed E-state index contributed by atoms with van der Waals surface area (Å²) < 4.78 is 11.5. The number of fused-ring (bicyclic) bond motifs is 1. The van der Waals surface area contributed by atoms with Gasteiger partial charge in [0.2, 0.25) is 0 Å². The molecule has 0 amide bonds. The van der Waals surface area contributed by atoms with Crippen molar-refractivity contribution in [3.63, 3.8) is 0 Å². The van der Waals surface area contributed by atoms with Crippen LogP contribution in [0.5, 0.6) is 0 Å². The highest BCUT2D eigenvalue weighted by Gasteiger charge is 2.44. The number of nitrogens with zero attached hydrogens (tertiary/aromatic N) is 1. The molecule has 0 saturated carbocycles. The van der Waals surface area contributed by atoms with Crippen molar-refractivity contribution in [2.24, 2.45) is 17.3 Å². The Kier molecular flexibility index (Phi) is 8.48. The Hall–Kier alpha value is -1.61. The van der Waals surface area contributed by atoms with Gasteiger partial charge >= 0.3 is 5.97 Å². The SMILES string of the molecule is Cc1nc(/C=C\[C@@H]2C[C@H]3O[C@H]3CCC[C@H](C)[C@H](O)[C@@H](C)C(=O)C(C)(C)[C@@H](O)CC(=O)O2)cs1. The second-order valence-corrected chi connectivity index (χ2v) is 11.2. The fourth-order valence-electron chi connectivity index (χ4n) is 4.54. The Morgan fingerprint density at radius 3 is 2.58 bits per heavy atom. The summed E-state index contributed by atoms with van der Waals surface area (Å²) in [5.74, 6) is -1.52. The molecule has 1 aromatic heterocycles. The Bertz CT molecular complexity index is 865. The zero-order valence-electron chi connectivity index (χ0n) is 20.2. The Morgan fingerprint density at radius 2 is 1.91 bits per heavy atom. The van der Waals surface area contributed by atoms with Crippen LogP contribution in [0.2, 0.25) is 0 Å². The van der Waals surface area contributed by atoms with Gasteiger partial charge in [-0.2, -0.15) is 0 Å². The van der Waals surface area contributed by atoms with E-state index in [1.54, 1.807) is 32.1 Å². The Morgan fingerprint density at radius 1 is 1.18 bits per heavy atom. The molecule has 8 heteroatoms. The molecule has 3 rings (SSSR count). The van der Waals surface area contributed by atoms with Crippen molar-refractivity contribution in [1.29, 1.82) is 0 Å². The summed E-state index contributed by atoms with van der Waals surface area (Å²) in [5.41, 5.74) is -0.382. The van der Waals surface area contributed by atoms with E-state index in [4.69, 9.17) is 9.47 Å². The Labute approximate surface area is 200 Å². The lowest BCUT2D eigenvalue weighted by molar-refractivity contribution is -0.154. The van der Waals surface area contributed by atoms with Gasteiger partial charge in [-0.1, -0.05) is 34.1 Å². The molecule has 3 heterocycles. The summed E-state index contributed by atoms with van der Waals surface area (Å²) in [6.45, 7) is 8.82. The van der Waals surface area contributed by atoms with Crippen molar-refractivity contribution in [1.82, 2.24) is 4.98 Å². The minimum absolute atomic E-state index is 0.0135. The lowest BCUT2D eigenvalue weighted by Crippen LogP contribution is -2.45. The van der Waals surface area contributed by atoms with Crippen LogP contribution >= 0.6 is 11.3 Å². The molecule has 0 spiro atoms.